The van der Waals surface area contributed by atoms with Gasteiger partial charge in [0, 0.05) is 25.4 Å². The first-order chi connectivity index (χ1) is 11.3. The minimum Gasteiger partial charge on any atom is -0.465 e. The highest BCUT2D eigenvalue weighted by Crippen LogP contribution is 2.11. The number of hydrogen-bond acceptors (Lipinski definition) is 6. The van der Waals surface area contributed by atoms with Gasteiger partial charge in [0.25, 0.3) is 0 Å². The average Bonchev–Trinajstić information content (AvgIpc) is 3.13. The van der Waals surface area contributed by atoms with E-state index in [2.05, 4.69) is 20.2 Å². The van der Waals surface area contributed by atoms with Gasteiger partial charge in [-0.25, -0.2) is 9.97 Å². The number of ether oxygens (including phenoxy) is 1. The summed E-state index contributed by atoms with van der Waals surface area (Å²) in [6.45, 7) is 3.31. The van der Waals surface area contributed by atoms with Crippen LogP contribution in [0.1, 0.15) is 11.6 Å². The Balaban J connectivity index is 1.54. The molecule has 7 nitrogen and oxygen atoms in total. The predicted octanol–water partition coefficient (Wildman–Crippen LogP) is 1.24. The number of nitrogens with one attached hydrogen (secondary N) is 1. The standard InChI is InChI=1S/C16H18N4O3/c21-16(4-3-13-2-1-9-23-13)18-12-14-17-6-5-15(19-14)20-7-10-22-11-8-20/h1-6,9H,7-8,10-12H2,(H,18,21)/b4-3+. The Morgan fingerprint density at radius 2 is 2.22 bits per heavy atom. The van der Waals surface area contributed by atoms with Gasteiger partial charge in [0.1, 0.15) is 17.4 Å². The monoisotopic (exact) mass is 314 g/mol. The van der Waals surface area contributed by atoms with E-state index in [9.17, 15) is 4.79 Å². The molecule has 2 aromatic rings. The maximum Gasteiger partial charge on any atom is 0.244 e. The minimum absolute atomic E-state index is 0.221. The average molecular weight is 314 g/mol. The highest BCUT2D eigenvalue weighted by Gasteiger charge is 2.13. The molecule has 23 heavy (non-hydrogen) atoms. The van der Waals surface area contributed by atoms with Crippen LogP contribution in [-0.4, -0.2) is 42.2 Å². The van der Waals surface area contributed by atoms with Gasteiger partial charge >= 0.3 is 0 Å². The molecule has 3 rings (SSSR count). The highest BCUT2D eigenvalue weighted by molar-refractivity contribution is 5.91. The van der Waals surface area contributed by atoms with E-state index < -0.39 is 0 Å². The van der Waals surface area contributed by atoms with E-state index in [4.69, 9.17) is 9.15 Å². The van der Waals surface area contributed by atoms with Gasteiger partial charge in [-0.1, -0.05) is 0 Å². The van der Waals surface area contributed by atoms with Crippen molar-refractivity contribution in [2.75, 3.05) is 31.2 Å². The number of carbonyl (C=O) groups excluding carboxylic acids is 1. The van der Waals surface area contributed by atoms with E-state index in [-0.39, 0.29) is 12.5 Å². The summed E-state index contributed by atoms with van der Waals surface area (Å²) in [5.41, 5.74) is 0. The van der Waals surface area contributed by atoms with Crippen LogP contribution in [0.5, 0.6) is 0 Å². The summed E-state index contributed by atoms with van der Waals surface area (Å²) >= 11 is 0. The summed E-state index contributed by atoms with van der Waals surface area (Å²) in [6.07, 6.45) is 6.30. The van der Waals surface area contributed by atoms with Crippen molar-refractivity contribution in [1.29, 1.82) is 0 Å². The molecule has 3 heterocycles. The number of amides is 1. The number of morpholine rings is 1. The normalized spacial score (nSPS) is 15.0. The molecule has 1 fully saturated rings. The molecule has 1 saturated heterocycles. The van der Waals surface area contributed by atoms with Crippen LogP contribution in [0.25, 0.3) is 6.08 Å². The Hall–Kier alpha value is -2.67. The van der Waals surface area contributed by atoms with Gasteiger partial charge in [-0.3, -0.25) is 4.79 Å². The van der Waals surface area contributed by atoms with Crippen LogP contribution in [0.3, 0.4) is 0 Å². The second kappa shape index (κ2) is 7.55. The van der Waals surface area contributed by atoms with Crippen molar-refractivity contribution in [3.05, 3.63) is 48.3 Å². The van der Waals surface area contributed by atoms with Crippen molar-refractivity contribution < 1.29 is 13.9 Å². The van der Waals surface area contributed by atoms with E-state index in [0.29, 0.717) is 24.8 Å². The van der Waals surface area contributed by atoms with Crippen LogP contribution < -0.4 is 10.2 Å². The second-order valence-electron chi connectivity index (χ2n) is 5.00. The van der Waals surface area contributed by atoms with Crippen LogP contribution in [-0.2, 0) is 16.1 Å². The zero-order valence-corrected chi connectivity index (χ0v) is 12.6. The molecule has 0 atom stereocenters. The first-order valence-corrected chi connectivity index (χ1v) is 7.45. The molecule has 0 bridgehead atoms. The summed E-state index contributed by atoms with van der Waals surface area (Å²) < 4.78 is 10.5. The number of rotatable bonds is 5. The number of hydrogen-bond donors (Lipinski definition) is 1. The fourth-order valence-corrected chi connectivity index (χ4v) is 2.21. The molecule has 120 valence electrons. The largest absolute Gasteiger partial charge is 0.465 e. The Morgan fingerprint density at radius 1 is 1.35 bits per heavy atom. The first-order valence-electron chi connectivity index (χ1n) is 7.45. The van der Waals surface area contributed by atoms with E-state index in [1.54, 1.807) is 30.7 Å². The quantitative estimate of drug-likeness (QED) is 0.836. The van der Waals surface area contributed by atoms with Crippen LogP contribution in [0.15, 0.2) is 41.2 Å². The summed E-state index contributed by atoms with van der Waals surface area (Å²) in [7, 11) is 0. The smallest absolute Gasteiger partial charge is 0.244 e. The van der Waals surface area contributed by atoms with Crippen molar-refractivity contribution in [3.8, 4) is 0 Å². The van der Waals surface area contributed by atoms with Crippen molar-refractivity contribution in [2.45, 2.75) is 6.54 Å². The molecule has 0 saturated carbocycles. The second-order valence-corrected chi connectivity index (χ2v) is 5.00. The molecule has 2 aromatic heterocycles. The van der Waals surface area contributed by atoms with Gasteiger partial charge < -0.3 is 19.4 Å². The molecule has 0 aliphatic carbocycles. The molecule has 1 amide bonds. The summed E-state index contributed by atoms with van der Waals surface area (Å²) in [5, 5.41) is 2.76. The lowest BCUT2D eigenvalue weighted by Crippen LogP contribution is -2.37. The SMILES string of the molecule is O=C(/C=C/c1ccco1)NCc1nccc(N2CCOCC2)n1. The summed E-state index contributed by atoms with van der Waals surface area (Å²) in [4.78, 5) is 22.6. The van der Waals surface area contributed by atoms with Crippen LogP contribution >= 0.6 is 0 Å². The lowest BCUT2D eigenvalue weighted by molar-refractivity contribution is -0.116. The fraction of sp³-hybridized carbons (Fsp3) is 0.312. The Kier molecular flexibility index (Phi) is 5.00. The molecule has 0 radical (unpaired) electrons. The third kappa shape index (κ3) is 4.40. The Bertz CT molecular complexity index is 664. The van der Waals surface area contributed by atoms with Gasteiger partial charge in [-0.05, 0) is 24.3 Å². The molecule has 7 heteroatoms. The van der Waals surface area contributed by atoms with E-state index in [1.165, 1.54) is 6.08 Å². The lowest BCUT2D eigenvalue weighted by Gasteiger charge is -2.27. The summed E-state index contributed by atoms with van der Waals surface area (Å²) in [6, 6.07) is 5.41. The number of nitrogens with zero attached hydrogens (tertiary/aromatic N) is 3. The molecule has 1 aliphatic heterocycles. The lowest BCUT2D eigenvalue weighted by atomic mass is 10.3. The van der Waals surface area contributed by atoms with Crippen LogP contribution in [0.2, 0.25) is 0 Å². The van der Waals surface area contributed by atoms with Crippen molar-refractivity contribution >= 4 is 17.8 Å². The van der Waals surface area contributed by atoms with Crippen molar-refractivity contribution in [1.82, 2.24) is 15.3 Å². The van der Waals surface area contributed by atoms with Gasteiger partial charge in [-0.15, -0.1) is 0 Å². The Labute approximate surface area is 134 Å². The summed E-state index contributed by atoms with van der Waals surface area (Å²) in [5.74, 6) is 1.85. The predicted molar refractivity (Wildman–Crippen MR) is 84.7 cm³/mol. The maximum atomic E-state index is 11.8. The first kappa shape index (κ1) is 15.2. The maximum absolute atomic E-state index is 11.8. The Morgan fingerprint density at radius 3 is 3.00 bits per heavy atom. The zero-order valence-electron chi connectivity index (χ0n) is 12.6. The van der Waals surface area contributed by atoms with Crippen LogP contribution in [0, 0.1) is 0 Å². The molecular weight excluding hydrogens is 296 g/mol. The molecule has 1 N–H and O–H groups in total. The van der Waals surface area contributed by atoms with E-state index >= 15 is 0 Å². The van der Waals surface area contributed by atoms with E-state index in [1.807, 2.05) is 6.07 Å². The number of furan rings is 1. The van der Waals surface area contributed by atoms with Gasteiger partial charge in [0.05, 0.1) is 26.0 Å². The fourth-order valence-electron chi connectivity index (χ4n) is 2.21. The third-order valence-electron chi connectivity index (χ3n) is 3.39. The highest BCUT2D eigenvalue weighted by atomic mass is 16.5. The van der Waals surface area contributed by atoms with Gasteiger partial charge in [0.15, 0.2) is 0 Å². The van der Waals surface area contributed by atoms with Crippen molar-refractivity contribution in [3.63, 3.8) is 0 Å². The molecule has 0 spiro atoms. The van der Waals surface area contributed by atoms with Crippen LogP contribution in [0.4, 0.5) is 5.82 Å². The molecular formula is C16H18N4O3. The third-order valence-corrected chi connectivity index (χ3v) is 3.39. The zero-order chi connectivity index (χ0) is 15.9. The van der Waals surface area contributed by atoms with Gasteiger partial charge in [-0.2, -0.15) is 0 Å². The number of carbonyl (C=O) groups is 1. The minimum atomic E-state index is -0.221. The van der Waals surface area contributed by atoms with E-state index in [0.717, 1.165) is 18.9 Å². The number of anilines is 1. The molecule has 0 aromatic carbocycles. The van der Waals surface area contributed by atoms with Crippen molar-refractivity contribution in [2.24, 2.45) is 0 Å². The molecule has 0 unspecified atom stereocenters. The topological polar surface area (TPSA) is 80.5 Å². The molecule has 1 aliphatic rings. The van der Waals surface area contributed by atoms with Gasteiger partial charge in [0.2, 0.25) is 5.91 Å². The number of aromatic nitrogens is 2.